The maximum absolute atomic E-state index is 14.0. The number of aromatic nitrogens is 2. The highest BCUT2D eigenvalue weighted by Crippen LogP contribution is 2.27. The van der Waals surface area contributed by atoms with Crippen LogP contribution in [0.4, 0.5) is 19.0 Å². The van der Waals surface area contributed by atoms with Crippen molar-refractivity contribution in [3.63, 3.8) is 0 Å². The highest BCUT2D eigenvalue weighted by molar-refractivity contribution is 7.89. The number of carbonyl (C=O) groups is 1. The third-order valence-corrected chi connectivity index (χ3v) is 7.40. The average molecular weight is 478 g/mol. The third kappa shape index (κ3) is 4.79. The maximum Gasteiger partial charge on any atom is 0.246 e. The minimum atomic E-state index is -4.22. The molecule has 1 aromatic heterocycles. The van der Waals surface area contributed by atoms with Crippen LogP contribution < -0.4 is 5.32 Å². The van der Waals surface area contributed by atoms with Crippen molar-refractivity contribution >= 4 is 21.7 Å². The monoisotopic (exact) mass is 478 g/mol. The molecular formula is C22H21F3N4O3S. The van der Waals surface area contributed by atoms with E-state index in [0.29, 0.717) is 23.3 Å². The molecule has 3 aromatic rings. The zero-order valence-electron chi connectivity index (χ0n) is 17.6. The summed E-state index contributed by atoms with van der Waals surface area (Å²) in [6.07, 6.45) is 0.428. The second kappa shape index (κ2) is 8.99. The number of halogens is 3. The van der Waals surface area contributed by atoms with Gasteiger partial charge in [0.25, 0.3) is 0 Å². The van der Waals surface area contributed by atoms with E-state index in [1.54, 1.807) is 13.0 Å². The number of aryl methyl sites for hydroxylation is 1. The van der Waals surface area contributed by atoms with Gasteiger partial charge in [-0.25, -0.2) is 26.3 Å². The van der Waals surface area contributed by atoms with Crippen molar-refractivity contribution in [3.05, 3.63) is 71.7 Å². The van der Waals surface area contributed by atoms with Gasteiger partial charge in [0, 0.05) is 25.1 Å². The molecular weight excluding hydrogens is 457 g/mol. The Balaban J connectivity index is 1.45. The van der Waals surface area contributed by atoms with Crippen LogP contribution >= 0.6 is 0 Å². The number of nitrogens with one attached hydrogen (secondary N) is 1. The fourth-order valence-electron chi connectivity index (χ4n) is 3.77. The Hall–Kier alpha value is -3.18. The highest BCUT2D eigenvalue weighted by Gasteiger charge is 2.34. The van der Waals surface area contributed by atoms with Crippen molar-refractivity contribution in [3.8, 4) is 5.69 Å². The Labute approximate surface area is 188 Å². The van der Waals surface area contributed by atoms with Gasteiger partial charge < -0.3 is 5.32 Å². The second-order valence-electron chi connectivity index (χ2n) is 7.80. The minimum absolute atomic E-state index is 0.00732. The molecule has 0 aliphatic carbocycles. The van der Waals surface area contributed by atoms with Gasteiger partial charge in [0.15, 0.2) is 0 Å². The van der Waals surface area contributed by atoms with Crippen molar-refractivity contribution in [1.29, 1.82) is 0 Å². The van der Waals surface area contributed by atoms with Crippen molar-refractivity contribution in [2.24, 2.45) is 5.92 Å². The van der Waals surface area contributed by atoms with E-state index in [-0.39, 0.29) is 31.8 Å². The summed E-state index contributed by atoms with van der Waals surface area (Å²) >= 11 is 0. The van der Waals surface area contributed by atoms with Gasteiger partial charge in [0.05, 0.1) is 11.4 Å². The largest absolute Gasteiger partial charge is 0.310 e. The van der Waals surface area contributed by atoms with Crippen molar-refractivity contribution in [2.75, 3.05) is 18.4 Å². The third-order valence-electron chi connectivity index (χ3n) is 5.49. The van der Waals surface area contributed by atoms with Gasteiger partial charge in [-0.05, 0) is 62.2 Å². The lowest BCUT2D eigenvalue weighted by Gasteiger charge is -2.30. The smallest absolute Gasteiger partial charge is 0.246 e. The van der Waals surface area contributed by atoms with Crippen LogP contribution in [0, 0.1) is 30.3 Å². The summed E-state index contributed by atoms with van der Waals surface area (Å²) in [5, 5.41) is 7.13. The molecule has 33 heavy (non-hydrogen) atoms. The fraction of sp³-hybridized carbons (Fsp3) is 0.273. The molecule has 0 bridgehead atoms. The summed E-state index contributed by atoms with van der Waals surface area (Å²) in [6, 6.07) is 9.59. The minimum Gasteiger partial charge on any atom is -0.310 e. The summed E-state index contributed by atoms with van der Waals surface area (Å²) in [6.45, 7) is 1.74. The van der Waals surface area contributed by atoms with E-state index in [9.17, 15) is 26.4 Å². The first-order valence-corrected chi connectivity index (χ1v) is 11.7. The SMILES string of the molecule is Cc1cc(NC(=O)C2CCN(S(=O)(=O)c3cc(F)ccc3F)CC2)n(-c2ccc(F)cc2)n1. The van der Waals surface area contributed by atoms with Crippen LogP contribution in [0.2, 0.25) is 0 Å². The predicted molar refractivity (Wildman–Crippen MR) is 115 cm³/mol. The Kier molecular flexibility index (Phi) is 6.26. The normalized spacial score (nSPS) is 15.5. The van der Waals surface area contributed by atoms with E-state index in [1.807, 2.05) is 0 Å². The van der Waals surface area contributed by atoms with E-state index in [0.717, 1.165) is 16.4 Å². The van der Waals surface area contributed by atoms with Crippen LogP contribution in [0.3, 0.4) is 0 Å². The van der Waals surface area contributed by atoms with Gasteiger partial charge in [0.1, 0.15) is 28.2 Å². The molecule has 174 valence electrons. The Morgan fingerprint density at radius 1 is 1.00 bits per heavy atom. The second-order valence-corrected chi connectivity index (χ2v) is 9.71. The number of amides is 1. The van der Waals surface area contributed by atoms with Crippen molar-refractivity contribution in [2.45, 2.75) is 24.7 Å². The number of benzene rings is 2. The molecule has 2 aromatic carbocycles. The molecule has 4 rings (SSSR count). The molecule has 0 unspecified atom stereocenters. The lowest BCUT2D eigenvalue weighted by molar-refractivity contribution is -0.120. The number of rotatable bonds is 5. The Morgan fingerprint density at radius 3 is 2.30 bits per heavy atom. The molecule has 1 amide bonds. The molecule has 1 N–H and O–H groups in total. The van der Waals surface area contributed by atoms with Gasteiger partial charge in [-0.3, -0.25) is 4.79 Å². The number of hydrogen-bond donors (Lipinski definition) is 1. The molecule has 1 fully saturated rings. The van der Waals surface area contributed by atoms with Crippen LogP contribution in [-0.4, -0.2) is 41.5 Å². The molecule has 0 saturated carbocycles. The molecule has 0 radical (unpaired) electrons. The predicted octanol–water partition coefficient (Wildman–Crippen LogP) is 3.64. The quantitative estimate of drug-likeness (QED) is 0.607. The lowest BCUT2D eigenvalue weighted by Crippen LogP contribution is -2.41. The van der Waals surface area contributed by atoms with Crippen LogP contribution in [0.1, 0.15) is 18.5 Å². The summed E-state index contributed by atoms with van der Waals surface area (Å²) in [5.74, 6) is -2.66. The number of piperidine rings is 1. The number of anilines is 1. The fourth-order valence-corrected chi connectivity index (χ4v) is 5.31. The summed E-state index contributed by atoms with van der Waals surface area (Å²) in [4.78, 5) is 12.1. The maximum atomic E-state index is 14.0. The van der Waals surface area contributed by atoms with Gasteiger partial charge in [-0.15, -0.1) is 0 Å². The van der Waals surface area contributed by atoms with E-state index < -0.39 is 38.3 Å². The van der Waals surface area contributed by atoms with Gasteiger partial charge in [-0.2, -0.15) is 9.40 Å². The first-order valence-electron chi connectivity index (χ1n) is 10.2. The Bertz CT molecular complexity index is 1280. The van der Waals surface area contributed by atoms with Crippen LogP contribution in [0.25, 0.3) is 5.69 Å². The molecule has 1 aliphatic heterocycles. The number of sulfonamides is 1. The molecule has 2 heterocycles. The van der Waals surface area contributed by atoms with E-state index in [2.05, 4.69) is 10.4 Å². The molecule has 1 aliphatic rings. The van der Waals surface area contributed by atoms with Gasteiger partial charge >= 0.3 is 0 Å². The topological polar surface area (TPSA) is 84.3 Å². The first kappa shape index (κ1) is 23.0. The standard InChI is InChI=1S/C22H21F3N4O3S/c1-14-12-21(29(27-14)18-5-2-16(23)3-6-18)26-22(30)15-8-10-28(11-9-15)33(31,32)20-13-17(24)4-7-19(20)25/h2-7,12-13,15H,8-11H2,1H3,(H,26,30). The first-order chi connectivity index (χ1) is 15.6. The van der Waals surface area contributed by atoms with Crippen molar-refractivity contribution < 1.29 is 26.4 Å². The van der Waals surface area contributed by atoms with Gasteiger partial charge in [0.2, 0.25) is 15.9 Å². The highest BCUT2D eigenvalue weighted by atomic mass is 32.2. The molecule has 11 heteroatoms. The summed E-state index contributed by atoms with van der Waals surface area (Å²) < 4.78 is 68.7. The molecule has 7 nitrogen and oxygen atoms in total. The number of nitrogens with zero attached hydrogens (tertiary/aromatic N) is 3. The number of hydrogen-bond acceptors (Lipinski definition) is 4. The molecule has 0 atom stereocenters. The summed E-state index contributed by atoms with van der Waals surface area (Å²) in [7, 11) is -4.22. The Morgan fingerprint density at radius 2 is 1.64 bits per heavy atom. The van der Waals surface area contributed by atoms with E-state index >= 15 is 0 Å². The van der Waals surface area contributed by atoms with E-state index in [1.165, 1.54) is 28.9 Å². The zero-order valence-corrected chi connectivity index (χ0v) is 18.4. The van der Waals surface area contributed by atoms with Gasteiger partial charge in [-0.1, -0.05) is 0 Å². The van der Waals surface area contributed by atoms with E-state index in [4.69, 9.17) is 0 Å². The van der Waals surface area contributed by atoms with Crippen molar-refractivity contribution in [1.82, 2.24) is 14.1 Å². The lowest BCUT2D eigenvalue weighted by atomic mass is 9.97. The average Bonchev–Trinajstić information content (AvgIpc) is 3.15. The molecule has 0 spiro atoms. The molecule has 1 saturated heterocycles. The number of carbonyl (C=O) groups excluding carboxylic acids is 1. The van der Waals surface area contributed by atoms with Crippen LogP contribution in [0.15, 0.2) is 53.4 Å². The van der Waals surface area contributed by atoms with Crippen LogP contribution in [0.5, 0.6) is 0 Å². The van der Waals surface area contributed by atoms with Crippen LogP contribution in [-0.2, 0) is 14.8 Å². The zero-order chi connectivity index (χ0) is 23.8. The summed E-state index contributed by atoms with van der Waals surface area (Å²) in [5.41, 5.74) is 1.21.